The van der Waals surface area contributed by atoms with Crippen molar-refractivity contribution in [3.63, 3.8) is 0 Å². The fourth-order valence-corrected chi connectivity index (χ4v) is 3.92. The van der Waals surface area contributed by atoms with Gasteiger partial charge in [0.2, 0.25) is 10.0 Å². The predicted octanol–water partition coefficient (Wildman–Crippen LogP) is 0.390. The number of aromatic nitrogens is 2. The Bertz CT molecular complexity index is 451. The highest BCUT2D eigenvalue weighted by Gasteiger charge is 2.23. The zero-order chi connectivity index (χ0) is 13.0. The van der Waals surface area contributed by atoms with E-state index in [-0.39, 0.29) is 17.7 Å². The molecule has 6 nitrogen and oxygen atoms in total. The molecule has 0 amide bonds. The number of sulfonamides is 1. The van der Waals surface area contributed by atoms with Crippen molar-refractivity contribution in [1.82, 2.24) is 20.0 Å². The van der Waals surface area contributed by atoms with Crippen LogP contribution in [0.15, 0.2) is 12.4 Å². The summed E-state index contributed by atoms with van der Waals surface area (Å²) in [6.07, 6.45) is 5.33. The summed E-state index contributed by atoms with van der Waals surface area (Å²) in [7, 11) is -3.26. The molecule has 3 N–H and O–H groups in total. The minimum atomic E-state index is -3.26. The Morgan fingerprint density at radius 3 is 3.06 bits per heavy atom. The van der Waals surface area contributed by atoms with Crippen LogP contribution in [0.5, 0.6) is 0 Å². The number of nitrogens with one attached hydrogen (secondary N) is 3. The van der Waals surface area contributed by atoms with Crippen molar-refractivity contribution in [2.24, 2.45) is 5.92 Å². The average Bonchev–Trinajstić information content (AvgIpc) is 2.82. The maximum Gasteiger partial charge on any atom is 0.212 e. The normalized spacial score (nSPS) is 22.8. The zero-order valence-electron chi connectivity index (χ0n) is 10.5. The molecule has 1 saturated heterocycles. The van der Waals surface area contributed by atoms with Crippen LogP contribution in [0.4, 0.5) is 0 Å². The van der Waals surface area contributed by atoms with Crippen molar-refractivity contribution < 1.29 is 8.42 Å². The molecular weight excluding hydrogens is 252 g/mol. The molecule has 0 radical (unpaired) electrons. The third-order valence-corrected chi connectivity index (χ3v) is 4.76. The second-order valence-electron chi connectivity index (χ2n) is 4.81. The summed E-state index contributed by atoms with van der Waals surface area (Å²) >= 11 is 0. The lowest BCUT2D eigenvalue weighted by Gasteiger charge is -2.23. The number of piperidine rings is 1. The molecule has 1 aromatic heterocycles. The lowest BCUT2D eigenvalue weighted by atomic mass is 10.0. The van der Waals surface area contributed by atoms with E-state index < -0.39 is 10.0 Å². The maximum absolute atomic E-state index is 12.0. The van der Waals surface area contributed by atoms with Crippen molar-refractivity contribution in [1.29, 1.82) is 0 Å². The van der Waals surface area contributed by atoms with E-state index in [4.69, 9.17) is 0 Å². The molecule has 2 rings (SSSR count). The van der Waals surface area contributed by atoms with E-state index in [1.54, 1.807) is 19.3 Å². The summed E-state index contributed by atoms with van der Waals surface area (Å²) < 4.78 is 26.7. The molecule has 2 atom stereocenters. The van der Waals surface area contributed by atoms with Gasteiger partial charge in [0.1, 0.15) is 5.82 Å². The van der Waals surface area contributed by atoms with Gasteiger partial charge in [0.25, 0.3) is 0 Å². The summed E-state index contributed by atoms with van der Waals surface area (Å²) in [6.45, 7) is 3.57. The zero-order valence-corrected chi connectivity index (χ0v) is 11.3. The van der Waals surface area contributed by atoms with Crippen LogP contribution in [0, 0.1) is 5.92 Å². The van der Waals surface area contributed by atoms with Crippen molar-refractivity contribution in [3.8, 4) is 0 Å². The quantitative estimate of drug-likeness (QED) is 0.723. The summed E-state index contributed by atoms with van der Waals surface area (Å²) in [5, 5.41) is 3.23. The number of nitrogens with zero attached hydrogens (tertiary/aromatic N) is 1. The number of H-pyrrole nitrogens is 1. The molecule has 1 aliphatic heterocycles. The van der Waals surface area contributed by atoms with Gasteiger partial charge >= 0.3 is 0 Å². The van der Waals surface area contributed by atoms with Crippen LogP contribution in [0.3, 0.4) is 0 Å². The molecule has 0 aromatic carbocycles. The Balaban J connectivity index is 1.90. The molecule has 2 heterocycles. The molecule has 0 saturated carbocycles. The molecule has 1 fully saturated rings. The van der Waals surface area contributed by atoms with Crippen LogP contribution in [-0.4, -0.2) is 37.2 Å². The number of imidazole rings is 1. The highest BCUT2D eigenvalue weighted by Crippen LogP contribution is 2.14. The van der Waals surface area contributed by atoms with Crippen LogP contribution in [0.2, 0.25) is 0 Å². The Morgan fingerprint density at radius 1 is 1.61 bits per heavy atom. The van der Waals surface area contributed by atoms with Crippen molar-refractivity contribution in [2.75, 3.05) is 18.8 Å². The second-order valence-corrected chi connectivity index (χ2v) is 6.61. The summed E-state index contributed by atoms with van der Waals surface area (Å²) in [5.74, 6) is 1.03. The molecule has 7 heteroatoms. The van der Waals surface area contributed by atoms with Crippen LogP contribution < -0.4 is 10.0 Å². The van der Waals surface area contributed by atoms with E-state index in [0.717, 1.165) is 25.9 Å². The van der Waals surface area contributed by atoms with E-state index in [9.17, 15) is 8.42 Å². The van der Waals surface area contributed by atoms with E-state index in [1.165, 1.54) is 0 Å². The van der Waals surface area contributed by atoms with Gasteiger partial charge in [-0.3, -0.25) is 0 Å². The number of hydrogen-bond acceptors (Lipinski definition) is 4. The molecule has 18 heavy (non-hydrogen) atoms. The molecule has 0 bridgehead atoms. The fourth-order valence-electron chi connectivity index (χ4n) is 2.26. The van der Waals surface area contributed by atoms with Gasteiger partial charge in [-0.05, 0) is 38.8 Å². The lowest BCUT2D eigenvalue weighted by molar-refractivity contribution is 0.402. The first kappa shape index (κ1) is 13.5. The second kappa shape index (κ2) is 5.81. The third-order valence-electron chi connectivity index (χ3n) is 3.14. The van der Waals surface area contributed by atoms with Gasteiger partial charge in [-0.25, -0.2) is 18.1 Å². The van der Waals surface area contributed by atoms with Crippen molar-refractivity contribution >= 4 is 10.0 Å². The Labute approximate surface area is 108 Å². The first-order chi connectivity index (χ1) is 8.57. The average molecular weight is 272 g/mol. The van der Waals surface area contributed by atoms with Crippen LogP contribution in [0.1, 0.15) is 31.6 Å². The van der Waals surface area contributed by atoms with Gasteiger partial charge in [0.05, 0.1) is 11.8 Å². The van der Waals surface area contributed by atoms with Crippen LogP contribution in [0.25, 0.3) is 0 Å². The minimum Gasteiger partial charge on any atom is -0.347 e. The minimum absolute atomic E-state index is 0.186. The van der Waals surface area contributed by atoms with E-state index in [2.05, 4.69) is 20.0 Å². The highest BCUT2D eigenvalue weighted by atomic mass is 32.2. The molecule has 0 spiro atoms. The summed E-state index contributed by atoms with van der Waals surface area (Å²) in [5.41, 5.74) is 0. The third kappa shape index (κ3) is 3.79. The fraction of sp³-hybridized carbons (Fsp3) is 0.727. The largest absolute Gasteiger partial charge is 0.347 e. The van der Waals surface area contributed by atoms with E-state index in [0.29, 0.717) is 5.82 Å². The van der Waals surface area contributed by atoms with E-state index in [1.807, 2.05) is 0 Å². The highest BCUT2D eigenvalue weighted by molar-refractivity contribution is 7.89. The van der Waals surface area contributed by atoms with Gasteiger partial charge in [0, 0.05) is 12.4 Å². The standard InChI is InChI=1S/C11H20N4O2S/c1-9(11-13-5-6-14-11)15-18(16,17)8-10-3-2-4-12-7-10/h5-6,9-10,12,15H,2-4,7-8H2,1H3,(H,13,14). The lowest BCUT2D eigenvalue weighted by Crippen LogP contribution is -2.38. The molecule has 0 aliphatic carbocycles. The summed E-state index contributed by atoms with van der Waals surface area (Å²) in [6, 6.07) is -0.318. The Morgan fingerprint density at radius 2 is 2.44 bits per heavy atom. The monoisotopic (exact) mass is 272 g/mol. The number of rotatable bonds is 5. The molecule has 1 aliphatic rings. The van der Waals surface area contributed by atoms with Gasteiger partial charge in [-0.2, -0.15) is 0 Å². The molecular formula is C11H20N4O2S. The number of aromatic amines is 1. The maximum atomic E-state index is 12.0. The first-order valence-corrected chi connectivity index (χ1v) is 7.92. The SMILES string of the molecule is CC(NS(=O)(=O)CC1CCCNC1)c1ncc[nH]1. The van der Waals surface area contributed by atoms with Gasteiger partial charge < -0.3 is 10.3 Å². The van der Waals surface area contributed by atoms with Gasteiger partial charge in [0.15, 0.2) is 0 Å². The Hall–Kier alpha value is -0.920. The van der Waals surface area contributed by atoms with E-state index >= 15 is 0 Å². The predicted molar refractivity (Wildman–Crippen MR) is 69.5 cm³/mol. The molecule has 102 valence electrons. The summed E-state index contributed by atoms with van der Waals surface area (Å²) in [4.78, 5) is 6.97. The number of hydrogen-bond donors (Lipinski definition) is 3. The first-order valence-electron chi connectivity index (χ1n) is 6.27. The van der Waals surface area contributed by atoms with Crippen molar-refractivity contribution in [2.45, 2.75) is 25.8 Å². The Kier molecular flexibility index (Phi) is 4.36. The van der Waals surface area contributed by atoms with Crippen LogP contribution >= 0.6 is 0 Å². The molecule has 1 aromatic rings. The van der Waals surface area contributed by atoms with Crippen molar-refractivity contribution in [3.05, 3.63) is 18.2 Å². The van der Waals surface area contributed by atoms with Gasteiger partial charge in [-0.15, -0.1) is 0 Å². The van der Waals surface area contributed by atoms with Gasteiger partial charge in [-0.1, -0.05) is 0 Å². The molecule has 2 unspecified atom stereocenters. The van der Waals surface area contributed by atoms with Crippen LogP contribution in [-0.2, 0) is 10.0 Å². The topological polar surface area (TPSA) is 86.9 Å². The smallest absolute Gasteiger partial charge is 0.212 e.